The van der Waals surface area contributed by atoms with Crippen LogP contribution in [0.3, 0.4) is 0 Å². The molecule has 0 bridgehead atoms. The zero-order valence-electron chi connectivity index (χ0n) is 36.5. The summed E-state index contributed by atoms with van der Waals surface area (Å²) in [5.74, 6) is 0. The molecule has 14 aromatic rings. The number of hydrogen-bond acceptors (Lipinski definition) is 1. The van der Waals surface area contributed by atoms with Gasteiger partial charge in [-0.15, -0.1) is 0 Å². The Morgan fingerprint density at radius 2 is 0.716 bits per heavy atom. The Bertz CT molecular complexity index is 4280. The molecule has 0 saturated heterocycles. The maximum absolute atomic E-state index is 4.62. The molecule has 0 N–H and O–H groups in total. The zero-order chi connectivity index (χ0) is 44.0. The van der Waals surface area contributed by atoms with Crippen LogP contribution in [0.25, 0.3) is 137 Å². The summed E-state index contributed by atoms with van der Waals surface area (Å²) in [6.45, 7) is 0. The molecule has 2 aromatic heterocycles. The third kappa shape index (κ3) is 5.73. The van der Waals surface area contributed by atoms with E-state index in [2.05, 4.69) is 240 Å². The van der Waals surface area contributed by atoms with E-state index in [0.717, 1.165) is 16.6 Å². The van der Waals surface area contributed by atoms with Crippen LogP contribution in [-0.4, -0.2) is 9.55 Å². The van der Waals surface area contributed by atoms with E-state index in [1.807, 2.05) is 12.4 Å². The lowest BCUT2D eigenvalue weighted by molar-refractivity contribution is 1.18. The van der Waals surface area contributed by atoms with E-state index in [-0.39, 0.29) is 0 Å². The van der Waals surface area contributed by atoms with Crippen LogP contribution in [0.2, 0.25) is 0 Å². The van der Waals surface area contributed by atoms with E-state index in [9.17, 15) is 0 Å². The van der Waals surface area contributed by atoms with Crippen molar-refractivity contribution in [1.29, 1.82) is 0 Å². The highest BCUT2D eigenvalue weighted by Crippen LogP contribution is 2.47. The first-order chi connectivity index (χ1) is 33.3. The molecule has 12 aromatic carbocycles. The molecule has 0 saturated carbocycles. The van der Waals surface area contributed by atoms with Gasteiger partial charge in [-0.25, -0.2) is 0 Å². The number of pyridine rings is 1. The van der Waals surface area contributed by atoms with E-state index in [4.69, 9.17) is 0 Å². The van der Waals surface area contributed by atoms with E-state index in [0.29, 0.717) is 0 Å². The molecule has 0 aliphatic carbocycles. The summed E-state index contributed by atoms with van der Waals surface area (Å²) in [4.78, 5) is 4.62. The second kappa shape index (κ2) is 14.9. The number of aromatic nitrogens is 2. The molecule has 2 heterocycles. The minimum absolute atomic E-state index is 1.14. The summed E-state index contributed by atoms with van der Waals surface area (Å²) in [6.07, 6.45) is 3.92. The number of rotatable bonds is 5. The molecule has 0 amide bonds. The van der Waals surface area contributed by atoms with Gasteiger partial charge >= 0.3 is 0 Å². The van der Waals surface area contributed by atoms with Gasteiger partial charge in [-0.05, 0) is 146 Å². The number of nitrogens with zero attached hydrogens (tertiary/aromatic N) is 2. The van der Waals surface area contributed by atoms with Crippen molar-refractivity contribution in [3.8, 4) is 50.2 Å². The van der Waals surface area contributed by atoms with Crippen LogP contribution in [0.4, 0.5) is 0 Å². The van der Waals surface area contributed by atoms with Crippen LogP contribution in [-0.2, 0) is 0 Å². The Morgan fingerprint density at radius 1 is 0.269 bits per heavy atom. The average molecular weight is 849 g/mol. The lowest BCUT2D eigenvalue weighted by Gasteiger charge is -2.19. The molecule has 310 valence electrons. The van der Waals surface area contributed by atoms with Crippen LogP contribution < -0.4 is 0 Å². The number of benzene rings is 12. The third-order valence-corrected chi connectivity index (χ3v) is 14.2. The van der Waals surface area contributed by atoms with Gasteiger partial charge in [0.2, 0.25) is 0 Å². The molecular formula is C65H40N2. The highest BCUT2D eigenvalue weighted by molar-refractivity contribution is 6.28. The molecule has 0 aliphatic rings. The van der Waals surface area contributed by atoms with Gasteiger partial charge in [0.1, 0.15) is 0 Å². The predicted molar refractivity (Wildman–Crippen MR) is 285 cm³/mol. The molecule has 2 heteroatoms. The lowest BCUT2D eigenvalue weighted by atomic mass is 9.84. The second-order valence-electron chi connectivity index (χ2n) is 17.8. The maximum atomic E-state index is 4.62. The Kier molecular flexibility index (Phi) is 8.32. The molecule has 2 nitrogen and oxygen atoms in total. The van der Waals surface area contributed by atoms with Crippen molar-refractivity contribution in [2.75, 3.05) is 0 Å². The molecule has 67 heavy (non-hydrogen) atoms. The second-order valence-corrected chi connectivity index (χ2v) is 17.8. The first kappa shape index (κ1) is 37.5. The van der Waals surface area contributed by atoms with Gasteiger partial charge in [-0.2, -0.15) is 0 Å². The highest BCUT2D eigenvalue weighted by atomic mass is 15.0. The molecule has 0 atom stereocenters. The first-order valence-electron chi connectivity index (χ1n) is 23.1. The van der Waals surface area contributed by atoms with Crippen molar-refractivity contribution >= 4 is 86.4 Å². The summed E-state index contributed by atoms with van der Waals surface area (Å²) >= 11 is 0. The highest BCUT2D eigenvalue weighted by Gasteiger charge is 2.21. The summed E-state index contributed by atoms with van der Waals surface area (Å²) in [5.41, 5.74) is 13.3. The van der Waals surface area contributed by atoms with Crippen molar-refractivity contribution in [3.05, 3.63) is 243 Å². The first-order valence-corrected chi connectivity index (χ1v) is 23.1. The van der Waals surface area contributed by atoms with Crippen molar-refractivity contribution < 1.29 is 0 Å². The van der Waals surface area contributed by atoms with E-state index < -0.39 is 0 Å². The van der Waals surface area contributed by atoms with Crippen molar-refractivity contribution in [3.63, 3.8) is 0 Å². The quantitative estimate of drug-likeness (QED) is 0.125. The lowest BCUT2D eigenvalue weighted by Crippen LogP contribution is -1.94. The van der Waals surface area contributed by atoms with E-state index in [1.54, 1.807) is 0 Å². The molecule has 0 fully saturated rings. The number of para-hydroxylation sites is 1. The standard InChI is InChI=1S/C65H40N2/c1-4-16-41(17-5-1)63-52-25-13-14-26-53(52)64(42-18-6-2-7-19-42)59-37-44(29-33-54(59)63)43-28-31-50-51-32-30-45(38-58(51)48-23-11-10-22-47(48)57(50)36-43)56-39-60-61-40-66-35-34-62(61)67(46-20-8-3-9-21-46)65(60)55-27-15-12-24-49(55)56/h1-40H. The van der Waals surface area contributed by atoms with Gasteiger partial charge in [0.25, 0.3) is 0 Å². The minimum atomic E-state index is 1.14. The molecule has 0 spiro atoms. The van der Waals surface area contributed by atoms with E-state index in [1.165, 1.54) is 120 Å². The monoisotopic (exact) mass is 848 g/mol. The molecule has 14 rings (SSSR count). The summed E-state index contributed by atoms with van der Waals surface area (Å²) in [7, 11) is 0. The van der Waals surface area contributed by atoms with Crippen LogP contribution in [0.5, 0.6) is 0 Å². The Hall–Kier alpha value is -8.85. The van der Waals surface area contributed by atoms with Crippen molar-refractivity contribution in [2.45, 2.75) is 0 Å². The summed E-state index contributed by atoms with van der Waals surface area (Å²) in [6, 6.07) is 85.1. The van der Waals surface area contributed by atoms with Crippen molar-refractivity contribution in [2.24, 2.45) is 0 Å². The van der Waals surface area contributed by atoms with Gasteiger partial charge < -0.3 is 4.57 Å². The zero-order valence-corrected chi connectivity index (χ0v) is 36.5. The SMILES string of the molecule is c1ccc(-c2c3ccccc3c(-c3ccccc3)c3cc(-c4ccc5c6ccc(-c7cc8c9cnccc9n(-c9ccccc9)c8c8ccccc78)cc6c6ccccc6c5c4)ccc23)cc1. The van der Waals surface area contributed by atoms with E-state index >= 15 is 0 Å². The Morgan fingerprint density at radius 3 is 1.34 bits per heavy atom. The van der Waals surface area contributed by atoms with Gasteiger partial charge in [-0.1, -0.05) is 188 Å². The van der Waals surface area contributed by atoms with Crippen LogP contribution >= 0.6 is 0 Å². The average Bonchev–Trinajstić information content (AvgIpc) is 3.75. The Labute approximate surface area is 387 Å². The predicted octanol–water partition coefficient (Wildman–Crippen LogP) is 17.8. The summed E-state index contributed by atoms with van der Waals surface area (Å²) in [5, 5.41) is 17.4. The van der Waals surface area contributed by atoms with Crippen LogP contribution in [0, 0.1) is 0 Å². The Balaban J connectivity index is 0.974. The van der Waals surface area contributed by atoms with Gasteiger partial charge in [0, 0.05) is 34.2 Å². The molecule has 0 aliphatic heterocycles. The fourth-order valence-electron chi connectivity index (χ4n) is 11.3. The fraction of sp³-hybridized carbons (Fsp3) is 0. The minimum Gasteiger partial charge on any atom is -0.309 e. The van der Waals surface area contributed by atoms with Crippen LogP contribution in [0.15, 0.2) is 243 Å². The van der Waals surface area contributed by atoms with Gasteiger partial charge in [0.15, 0.2) is 0 Å². The number of fused-ring (bicyclic) bond motifs is 13. The maximum Gasteiger partial charge on any atom is 0.0620 e. The molecular weight excluding hydrogens is 809 g/mol. The van der Waals surface area contributed by atoms with Crippen molar-refractivity contribution in [1.82, 2.24) is 9.55 Å². The van der Waals surface area contributed by atoms with Gasteiger partial charge in [-0.3, -0.25) is 4.98 Å². The van der Waals surface area contributed by atoms with Gasteiger partial charge in [0.05, 0.1) is 11.0 Å². The topological polar surface area (TPSA) is 17.8 Å². The normalized spacial score (nSPS) is 11.9. The fourth-order valence-corrected chi connectivity index (χ4v) is 11.3. The summed E-state index contributed by atoms with van der Waals surface area (Å²) < 4.78 is 2.40. The largest absolute Gasteiger partial charge is 0.309 e. The van der Waals surface area contributed by atoms with Crippen LogP contribution in [0.1, 0.15) is 0 Å². The molecule has 0 radical (unpaired) electrons. The smallest absolute Gasteiger partial charge is 0.0620 e. The molecule has 0 unspecified atom stereocenters. The number of hydrogen-bond donors (Lipinski definition) is 0. The third-order valence-electron chi connectivity index (χ3n) is 14.2.